The maximum Gasteiger partial charge on any atom is 0.221 e. The van der Waals surface area contributed by atoms with Crippen LogP contribution in [0.1, 0.15) is 29.7 Å². The van der Waals surface area contributed by atoms with Gasteiger partial charge in [-0.15, -0.1) is 0 Å². The molecule has 3 rings (SSSR count). The Balaban J connectivity index is 1.70. The van der Waals surface area contributed by atoms with Crippen molar-refractivity contribution in [1.82, 2.24) is 4.90 Å². The van der Waals surface area contributed by atoms with Gasteiger partial charge in [0.25, 0.3) is 0 Å². The summed E-state index contributed by atoms with van der Waals surface area (Å²) in [5, 5.41) is 13.2. The molecule has 4 nitrogen and oxygen atoms in total. The first-order chi connectivity index (χ1) is 11.9. The Morgan fingerprint density at radius 2 is 2.08 bits per heavy atom. The minimum atomic E-state index is -0.958. The van der Waals surface area contributed by atoms with Crippen molar-refractivity contribution in [3.05, 3.63) is 64.7 Å². The van der Waals surface area contributed by atoms with E-state index >= 15 is 0 Å². The first-order valence-corrected chi connectivity index (χ1v) is 8.18. The van der Waals surface area contributed by atoms with Crippen LogP contribution in [0.15, 0.2) is 36.4 Å². The number of nitrogens with zero attached hydrogens (tertiary/aromatic N) is 1. The highest BCUT2D eigenvalue weighted by atomic mass is 19.2. The van der Waals surface area contributed by atoms with E-state index in [4.69, 9.17) is 0 Å². The maximum absolute atomic E-state index is 13.3. The minimum absolute atomic E-state index is 0.107. The van der Waals surface area contributed by atoms with Gasteiger partial charge < -0.3 is 10.4 Å². The van der Waals surface area contributed by atoms with E-state index in [1.165, 1.54) is 13.0 Å². The van der Waals surface area contributed by atoms with E-state index in [9.17, 15) is 18.7 Å². The SMILES string of the molecule is CC(=O)Nc1cccc2c1CCN(CC(O)c1ccc(F)c(F)c1)C2. The summed E-state index contributed by atoms with van der Waals surface area (Å²) in [6.45, 7) is 3.15. The van der Waals surface area contributed by atoms with E-state index in [1.807, 2.05) is 18.2 Å². The van der Waals surface area contributed by atoms with Crippen molar-refractivity contribution < 1.29 is 18.7 Å². The third kappa shape index (κ3) is 4.03. The van der Waals surface area contributed by atoms with Crippen LogP contribution in [0, 0.1) is 11.6 Å². The third-order valence-corrected chi connectivity index (χ3v) is 4.42. The zero-order chi connectivity index (χ0) is 18.0. The Morgan fingerprint density at radius 3 is 2.80 bits per heavy atom. The van der Waals surface area contributed by atoms with Crippen molar-refractivity contribution in [1.29, 1.82) is 0 Å². The fourth-order valence-corrected chi connectivity index (χ4v) is 3.20. The summed E-state index contributed by atoms with van der Waals surface area (Å²) in [6, 6.07) is 9.23. The third-order valence-electron chi connectivity index (χ3n) is 4.42. The molecule has 0 fully saturated rings. The van der Waals surface area contributed by atoms with Crippen molar-refractivity contribution in [3.63, 3.8) is 0 Å². The largest absolute Gasteiger partial charge is 0.387 e. The second-order valence-corrected chi connectivity index (χ2v) is 6.30. The maximum atomic E-state index is 13.3. The molecule has 0 bridgehead atoms. The first-order valence-electron chi connectivity index (χ1n) is 8.18. The standard InChI is InChI=1S/C19H20F2N2O2/c1-12(24)22-18-4-2-3-14-10-23(8-7-15(14)18)11-19(25)13-5-6-16(20)17(21)9-13/h2-6,9,19,25H,7-8,10-11H2,1H3,(H,22,24). The summed E-state index contributed by atoms with van der Waals surface area (Å²) >= 11 is 0. The van der Waals surface area contributed by atoms with Crippen molar-refractivity contribution in [2.24, 2.45) is 0 Å². The van der Waals surface area contributed by atoms with E-state index < -0.39 is 17.7 Å². The predicted octanol–water partition coefficient (Wildman–Crippen LogP) is 3.01. The van der Waals surface area contributed by atoms with Gasteiger partial charge in [-0.1, -0.05) is 18.2 Å². The second kappa shape index (κ2) is 7.29. The molecule has 0 saturated heterocycles. The molecule has 1 aliphatic heterocycles. The molecule has 0 saturated carbocycles. The van der Waals surface area contributed by atoms with Crippen LogP contribution in [-0.2, 0) is 17.8 Å². The van der Waals surface area contributed by atoms with E-state index in [0.717, 1.165) is 35.4 Å². The number of amides is 1. The molecule has 1 unspecified atom stereocenters. The number of β-amino-alcohol motifs (C(OH)–C–C–N with tert-alkyl or cyclic N) is 1. The monoisotopic (exact) mass is 346 g/mol. The number of rotatable bonds is 4. The molecule has 1 heterocycles. The molecule has 2 aromatic rings. The van der Waals surface area contributed by atoms with Gasteiger partial charge in [0.2, 0.25) is 5.91 Å². The van der Waals surface area contributed by atoms with E-state index in [0.29, 0.717) is 25.2 Å². The molecule has 2 aromatic carbocycles. The Bertz CT molecular complexity index is 795. The van der Waals surface area contributed by atoms with Gasteiger partial charge >= 0.3 is 0 Å². The summed E-state index contributed by atoms with van der Waals surface area (Å²) < 4.78 is 26.3. The van der Waals surface area contributed by atoms with Crippen LogP contribution >= 0.6 is 0 Å². The summed E-state index contributed by atoms with van der Waals surface area (Å²) in [4.78, 5) is 13.4. The number of aliphatic hydroxyl groups is 1. The van der Waals surface area contributed by atoms with Gasteiger partial charge in [-0.3, -0.25) is 9.69 Å². The fourth-order valence-electron chi connectivity index (χ4n) is 3.20. The molecule has 0 aliphatic carbocycles. The van der Waals surface area contributed by atoms with Crippen LogP contribution in [0.3, 0.4) is 0 Å². The molecule has 1 amide bonds. The Hall–Kier alpha value is -2.31. The van der Waals surface area contributed by atoms with Gasteiger partial charge in [0.15, 0.2) is 11.6 Å². The average Bonchev–Trinajstić information content (AvgIpc) is 2.57. The van der Waals surface area contributed by atoms with Gasteiger partial charge in [0.1, 0.15) is 0 Å². The van der Waals surface area contributed by atoms with Gasteiger partial charge in [0.05, 0.1) is 6.10 Å². The van der Waals surface area contributed by atoms with Crippen LogP contribution in [0.25, 0.3) is 0 Å². The molecule has 25 heavy (non-hydrogen) atoms. The number of hydrogen-bond acceptors (Lipinski definition) is 3. The molecule has 0 aromatic heterocycles. The topological polar surface area (TPSA) is 52.6 Å². The normalized spacial score (nSPS) is 15.5. The fraction of sp³-hybridized carbons (Fsp3) is 0.316. The molecule has 132 valence electrons. The lowest BCUT2D eigenvalue weighted by molar-refractivity contribution is -0.114. The van der Waals surface area contributed by atoms with Crippen LogP contribution in [0.4, 0.5) is 14.5 Å². The van der Waals surface area contributed by atoms with Gasteiger partial charge in [-0.05, 0) is 41.3 Å². The lowest BCUT2D eigenvalue weighted by Gasteiger charge is -2.31. The molecule has 6 heteroatoms. The number of aliphatic hydroxyl groups excluding tert-OH is 1. The molecule has 0 spiro atoms. The molecule has 2 N–H and O–H groups in total. The van der Waals surface area contributed by atoms with Gasteiger partial charge in [-0.2, -0.15) is 0 Å². The number of hydrogen-bond donors (Lipinski definition) is 2. The highest BCUT2D eigenvalue weighted by Gasteiger charge is 2.22. The van der Waals surface area contributed by atoms with Crippen LogP contribution in [0.5, 0.6) is 0 Å². The second-order valence-electron chi connectivity index (χ2n) is 6.30. The summed E-state index contributed by atoms with van der Waals surface area (Å²) in [6.07, 6.45) is -0.147. The summed E-state index contributed by atoms with van der Waals surface area (Å²) in [7, 11) is 0. The van der Waals surface area contributed by atoms with E-state index in [1.54, 1.807) is 0 Å². The van der Waals surface area contributed by atoms with Crippen molar-refractivity contribution in [2.75, 3.05) is 18.4 Å². The number of nitrogens with one attached hydrogen (secondary N) is 1. The highest BCUT2D eigenvalue weighted by Crippen LogP contribution is 2.27. The van der Waals surface area contributed by atoms with E-state index in [-0.39, 0.29) is 5.91 Å². The first kappa shape index (κ1) is 17.5. The van der Waals surface area contributed by atoms with Gasteiger partial charge in [-0.25, -0.2) is 8.78 Å². The number of carbonyl (C=O) groups is 1. The number of anilines is 1. The molecule has 0 radical (unpaired) electrons. The number of halogens is 2. The zero-order valence-corrected chi connectivity index (χ0v) is 13.9. The van der Waals surface area contributed by atoms with Crippen molar-refractivity contribution in [2.45, 2.75) is 26.0 Å². The lowest BCUT2D eigenvalue weighted by atomic mass is 9.97. The number of benzene rings is 2. The number of fused-ring (bicyclic) bond motifs is 1. The van der Waals surface area contributed by atoms with E-state index in [2.05, 4.69) is 10.2 Å². The highest BCUT2D eigenvalue weighted by molar-refractivity contribution is 5.89. The Labute approximate surface area is 145 Å². The summed E-state index contributed by atoms with van der Waals surface area (Å²) in [5.41, 5.74) is 3.38. The van der Waals surface area contributed by atoms with Crippen LogP contribution < -0.4 is 5.32 Å². The number of carbonyl (C=O) groups excluding carboxylic acids is 1. The van der Waals surface area contributed by atoms with Crippen molar-refractivity contribution >= 4 is 11.6 Å². The average molecular weight is 346 g/mol. The quantitative estimate of drug-likeness (QED) is 0.895. The molecular weight excluding hydrogens is 326 g/mol. The molecular formula is C19H20F2N2O2. The minimum Gasteiger partial charge on any atom is -0.387 e. The van der Waals surface area contributed by atoms with Gasteiger partial charge in [0, 0.05) is 32.2 Å². The van der Waals surface area contributed by atoms with Crippen molar-refractivity contribution in [3.8, 4) is 0 Å². The van der Waals surface area contributed by atoms with Crippen LogP contribution in [-0.4, -0.2) is 29.0 Å². The predicted molar refractivity (Wildman–Crippen MR) is 91.0 cm³/mol. The lowest BCUT2D eigenvalue weighted by Crippen LogP contribution is -2.34. The van der Waals surface area contributed by atoms with Crippen LogP contribution in [0.2, 0.25) is 0 Å². The smallest absolute Gasteiger partial charge is 0.221 e. The Morgan fingerprint density at radius 1 is 1.28 bits per heavy atom. The summed E-state index contributed by atoms with van der Waals surface area (Å²) in [5.74, 6) is -1.99. The molecule has 1 atom stereocenters. The Kier molecular flexibility index (Phi) is 5.11. The molecule has 1 aliphatic rings. The zero-order valence-electron chi connectivity index (χ0n) is 13.9.